The highest BCUT2D eigenvalue weighted by Crippen LogP contribution is 2.29. The molecule has 122 valence electrons. The molecule has 0 aliphatic heterocycles. The first-order valence-electron chi connectivity index (χ1n) is 7.80. The third kappa shape index (κ3) is 4.23. The van der Waals surface area contributed by atoms with E-state index in [-0.39, 0.29) is 11.4 Å². The normalized spacial score (nSPS) is 10.8. The second-order valence-electron chi connectivity index (χ2n) is 4.94. The fourth-order valence-electron chi connectivity index (χ4n) is 2.22. The second kappa shape index (κ2) is 8.54. The van der Waals surface area contributed by atoms with E-state index in [9.17, 15) is 10.1 Å². The van der Waals surface area contributed by atoms with E-state index in [0.29, 0.717) is 35.8 Å². The van der Waals surface area contributed by atoms with Crippen LogP contribution in [0.1, 0.15) is 29.8 Å². The molecule has 0 atom stereocenters. The van der Waals surface area contributed by atoms with Crippen LogP contribution in [0.4, 0.5) is 0 Å². The Bertz CT molecular complexity index is 773. The Hall–Kier alpha value is -3.06. The number of benzene rings is 2. The van der Waals surface area contributed by atoms with Crippen molar-refractivity contribution in [3.8, 4) is 17.6 Å². The number of allylic oxidation sites excluding steroid dienone is 1. The fourth-order valence-corrected chi connectivity index (χ4v) is 2.22. The van der Waals surface area contributed by atoms with Crippen molar-refractivity contribution in [3.63, 3.8) is 0 Å². The number of hydrogen-bond acceptors (Lipinski definition) is 4. The first-order valence-corrected chi connectivity index (χ1v) is 7.80. The van der Waals surface area contributed by atoms with Crippen molar-refractivity contribution in [2.24, 2.45) is 0 Å². The number of Topliss-reactive ketones (excluding diaryl/α,β-unsaturated/α-hetero) is 1. The highest BCUT2D eigenvalue weighted by Gasteiger charge is 2.12. The number of nitrogens with zero attached hydrogens (tertiary/aromatic N) is 1. The highest BCUT2D eigenvalue weighted by atomic mass is 16.5. The largest absolute Gasteiger partial charge is 0.490 e. The predicted molar refractivity (Wildman–Crippen MR) is 93.1 cm³/mol. The van der Waals surface area contributed by atoms with Gasteiger partial charge in [0.05, 0.1) is 13.2 Å². The molecule has 0 fully saturated rings. The summed E-state index contributed by atoms with van der Waals surface area (Å²) in [5.74, 6) is 0.937. The molecule has 0 aliphatic rings. The molecule has 2 aromatic carbocycles. The van der Waals surface area contributed by atoms with Crippen LogP contribution in [0.2, 0.25) is 0 Å². The molecule has 4 heteroatoms. The SMILES string of the molecule is CCOc1ccc(/C=C(\C#N)C(=O)c2ccccc2)cc1OCC. The van der Waals surface area contributed by atoms with Crippen LogP contribution in [0.15, 0.2) is 54.1 Å². The third-order valence-electron chi connectivity index (χ3n) is 3.28. The standard InChI is InChI=1S/C20H19NO3/c1-3-23-18-11-10-15(13-19(18)24-4-2)12-17(14-21)20(22)16-8-6-5-7-9-16/h5-13H,3-4H2,1-2H3/b17-12+. The van der Waals surface area contributed by atoms with Gasteiger partial charge in [0.25, 0.3) is 0 Å². The minimum absolute atomic E-state index is 0.0767. The first kappa shape index (κ1) is 17.3. The Morgan fingerprint density at radius 1 is 1.04 bits per heavy atom. The maximum absolute atomic E-state index is 12.4. The van der Waals surface area contributed by atoms with Crippen molar-refractivity contribution in [1.82, 2.24) is 0 Å². The molecular formula is C20H19NO3. The van der Waals surface area contributed by atoms with Gasteiger partial charge in [-0.05, 0) is 37.6 Å². The minimum Gasteiger partial charge on any atom is -0.490 e. The van der Waals surface area contributed by atoms with Gasteiger partial charge in [-0.15, -0.1) is 0 Å². The molecule has 0 radical (unpaired) electrons. The maximum atomic E-state index is 12.4. The molecular weight excluding hydrogens is 302 g/mol. The van der Waals surface area contributed by atoms with Gasteiger partial charge < -0.3 is 9.47 Å². The topological polar surface area (TPSA) is 59.3 Å². The lowest BCUT2D eigenvalue weighted by molar-refractivity contribution is 0.104. The molecule has 0 saturated heterocycles. The van der Waals surface area contributed by atoms with Gasteiger partial charge >= 0.3 is 0 Å². The summed E-state index contributed by atoms with van der Waals surface area (Å²) in [4.78, 5) is 12.4. The van der Waals surface area contributed by atoms with Crippen molar-refractivity contribution < 1.29 is 14.3 Å². The predicted octanol–water partition coefficient (Wildman–Crippen LogP) is 4.27. The lowest BCUT2D eigenvalue weighted by Gasteiger charge is -2.11. The summed E-state index contributed by atoms with van der Waals surface area (Å²) in [6.45, 7) is 4.82. The zero-order chi connectivity index (χ0) is 17.4. The molecule has 2 rings (SSSR count). The summed E-state index contributed by atoms with van der Waals surface area (Å²) in [7, 11) is 0. The van der Waals surface area contributed by atoms with Crippen LogP contribution >= 0.6 is 0 Å². The van der Waals surface area contributed by atoms with Crippen LogP contribution in [-0.4, -0.2) is 19.0 Å². The number of nitriles is 1. The number of ether oxygens (including phenoxy) is 2. The maximum Gasteiger partial charge on any atom is 0.203 e. The number of ketones is 1. The van der Waals surface area contributed by atoms with Crippen LogP contribution in [0, 0.1) is 11.3 Å². The Kier molecular flexibility index (Phi) is 6.16. The number of hydrogen-bond donors (Lipinski definition) is 0. The van der Waals surface area contributed by atoms with Crippen molar-refractivity contribution in [2.45, 2.75) is 13.8 Å². The van der Waals surface area contributed by atoms with Crippen LogP contribution in [0.5, 0.6) is 11.5 Å². The zero-order valence-corrected chi connectivity index (χ0v) is 13.8. The molecule has 24 heavy (non-hydrogen) atoms. The lowest BCUT2D eigenvalue weighted by Crippen LogP contribution is -2.02. The van der Waals surface area contributed by atoms with E-state index >= 15 is 0 Å². The molecule has 0 bridgehead atoms. The van der Waals surface area contributed by atoms with Crippen molar-refractivity contribution in [2.75, 3.05) is 13.2 Å². The number of rotatable bonds is 7. The van der Waals surface area contributed by atoms with Crippen LogP contribution < -0.4 is 9.47 Å². The molecule has 0 unspecified atom stereocenters. The fraction of sp³-hybridized carbons (Fsp3) is 0.200. The third-order valence-corrected chi connectivity index (χ3v) is 3.28. The van der Waals surface area contributed by atoms with Gasteiger partial charge in [0, 0.05) is 5.56 Å². The van der Waals surface area contributed by atoms with Crippen molar-refractivity contribution in [3.05, 3.63) is 65.2 Å². The Morgan fingerprint density at radius 2 is 1.71 bits per heavy atom. The highest BCUT2D eigenvalue weighted by molar-refractivity contribution is 6.14. The van der Waals surface area contributed by atoms with E-state index < -0.39 is 0 Å². The summed E-state index contributed by atoms with van der Waals surface area (Å²) < 4.78 is 11.1. The molecule has 0 spiro atoms. The summed E-state index contributed by atoms with van der Waals surface area (Å²) in [5, 5.41) is 9.34. The van der Waals surface area contributed by atoms with E-state index in [1.165, 1.54) is 0 Å². The van der Waals surface area contributed by atoms with Gasteiger partial charge in [0.1, 0.15) is 11.6 Å². The molecule has 2 aromatic rings. The zero-order valence-electron chi connectivity index (χ0n) is 13.8. The molecule has 0 saturated carbocycles. The van der Waals surface area contributed by atoms with Crippen LogP contribution in [0.25, 0.3) is 6.08 Å². The average molecular weight is 321 g/mol. The molecule has 0 N–H and O–H groups in total. The lowest BCUT2D eigenvalue weighted by atomic mass is 10.0. The van der Waals surface area contributed by atoms with Gasteiger partial charge in [-0.25, -0.2) is 0 Å². The van der Waals surface area contributed by atoms with Crippen LogP contribution in [0.3, 0.4) is 0 Å². The summed E-state index contributed by atoms with van der Waals surface area (Å²) >= 11 is 0. The van der Waals surface area contributed by atoms with Gasteiger partial charge in [-0.3, -0.25) is 4.79 Å². The van der Waals surface area contributed by atoms with E-state index in [1.807, 2.05) is 26.0 Å². The summed E-state index contributed by atoms with van der Waals surface area (Å²) in [6, 6.07) is 16.1. The first-order chi connectivity index (χ1) is 11.7. The van der Waals surface area contributed by atoms with Gasteiger partial charge in [0.15, 0.2) is 11.5 Å². The van der Waals surface area contributed by atoms with Crippen LogP contribution in [-0.2, 0) is 0 Å². The summed E-state index contributed by atoms with van der Waals surface area (Å²) in [5.41, 5.74) is 1.27. The quantitative estimate of drug-likeness (QED) is 0.434. The average Bonchev–Trinajstić information content (AvgIpc) is 2.62. The van der Waals surface area contributed by atoms with Gasteiger partial charge in [-0.2, -0.15) is 5.26 Å². The molecule has 0 amide bonds. The summed E-state index contributed by atoms with van der Waals surface area (Å²) in [6.07, 6.45) is 1.56. The van der Waals surface area contributed by atoms with Gasteiger partial charge in [-0.1, -0.05) is 36.4 Å². The number of carbonyl (C=O) groups excluding carboxylic acids is 1. The molecule has 0 aliphatic carbocycles. The Labute approximate surface area is 141 Å². The Balaban J connectivity index is 2.35. The van der Waals surface area contributed by atoms with E-state index in [2.05, 4.69) is 0 Å². The monoisotopic (exact) mass is 321 g/mol. The van der Waals surface area contributed by atoms with Crippen molar-refractivity contribution >= 4 is 11.9 Å². The van der Waals surface area contributed by atoms with Crippen molar-refractivity contribution in [1.29, 1.82) is 5.26 Å². The molecule has 4 nitrogen and oxygen atoms in total. The second-order valence-corrected chi connectivity index (χ2v) is 4.94. The van der Waals surface area contributed by atoms with E-state index in [0.717, 1.165) is 0 Å². The van der Waals surface area contributed by atoms with E-state index in [4.69, 9.17) is 9.47 Å². The minimum atomic E-state index is -0.301. The molecule has 0 heterocycles. The Morgan fingerprint density at radius 3 is 2.33 bits per heavy atom. The smallest absolute Gasteiger partial charge is 0.203 e. The molecule has 0 aromatic heterocycles. The van der Waals surface area contributed by atoms with E-state index in [1.54, 1.807) is 48.5 Å². The number of carbonyl (C=O) groups is 1. The van der Waals surface area contributed by atoms with Gasteiger partial charge in [0.2, 0.25) is 5.78 Å².